The Morgan fingerprint density at radius 1 is 1.11 bits per heavy atom. The zero-order valence-electron chi connectivity index (χ0n) is 19.2. The first kappa shape index (κ1) is 24.2. The lowest BCUT2D eigenvalue weighted by molar-refractivity contribution is -0.151. The number of rotatable bonds is 9. The van der Waals surface area contributed by atoms with E-state index in [9.17, 15) is 24.3 Å². The summed E-state index contributed by atoms with van der Waals surface area (Å²) in [5, 5.41) is 12.7. The first-order valence-corrected chi connectivity index (χ1v) is 11.4. The molecule has 2 unspecified atom stereocenters. The second-order valence-corrected chi connectivity index (χ2v) is 8.34. The van der Waals surface area contributed by atoms with Crippen LogP contribution in [-0.4, -0.2) is 65.9 Å². The van der Waals surface area contributed by atoms with E-state index in [1.165, 1.54) is 0 Å². The maximum Gasteiger partial charge on any atom is 0.407 e. The van der Waals surface area contributed by atoms with Gasteiger partial charge in [0.05, 0.1) is 18.9 Å². The molecule has 1 heterocycles. The smallest absolute Gasteiger partial charge is 0.407 e. The number of carboxylic acids is 1. The minimum atomic E-state index is -1.28. The standard InChI is InChI=1S/C25H27N3O7/c1-2-34-15(11-23(30)28-21(24(31)32)12-22(29)27-28)13-26-25(33)35-14-20-18-9-5-3-7-16(18)17-8-4-6-10-19(17)20/h3-10,15,20-21H,2,11-14H2,1H3,(H,26,33)(H,27,29)(H,31,32). The van der Waals surface area contributed by atoms with E-state index < -0.39 is 36.0 Å². The summed E-state index contributed by atoms with van der Waals surface area (Å²) >= 11 is 0. The lowest BCUT2D eigenvalue weighted by atomic mass is 9.98. The molecule has 4 rings (SSSR count). The van der Waals surface area contributed by atoms with Crippen LogP contribution in [0.5, 0.6) is 0 Å². The molecule has 3 N–H and O–H groups in total. The van der Waals surface area contributed by atoms with Gasteiger partial charge in [0.15, 0.2) is 6.04 Å². The SMILES string of the molecule is CCOC(CNC(=O)OCC1c2ccccc2-c2ccccc21)CC(=O)N1NC(=O)CC1C(=O)O. The van der Waals surface area contributed by atoms with E-state index in [0.29, 0.717) is 0 Å². The zero-order valence-corrected chi connectivity index (χ0v) is 19.2. The minimum Gasteiger partial charge on any atom is -0.480 e. The molecule has 35 heavy (non-hydrogen) atoms. The Kier molecular flexibility index (Phi) is 7.31. The number of hydrogen-bond acceptors (Lipinski definition) is 6. The number of nitrogens with zero attached hydrogens (tertiary/aromatic N) is 1. The van der Waals surface area contributed by atoms with E-state index in [1.54, 1.807) is 6.92 Å². The lowest BCUT2D eigenvalue weighted by Gasteiger charge is -2.24. The van der Waals surface area contributed by atoms with Gasteiger partial charge in [-0.1, -0.05) is 48.5 Å². The molecular weight excluding hydrogens is 454 g/mol. The van der Waals surface area contributed by atoms with Crippen LogP contribution in [0.4, 0.5) is 4.79 Å². The third-order valence-electron chi connectivity index (χ3n) is 6.11. The number of nitrogens with one attached hydrogen (secondary N) is 2. The van der Waals surface area contributed by atoms with Crippen molar-refractivity contribution in [2.75, 3.05) is 19.8 Å². The summed E-state index contributed by atoms with van der Waals surface area (Å²) < 4.78 is 11.0. The zero-order chi connectivity index (χ0) is 24.9. The van der Waals surface area contributed by atoms with Crippen LogP contribution in [0, 0.1) is 0 Å². The van der Waals surface area contributed by atoms with Gasteiger partial charge in [-0.2, -0.15) is 0 Å². The Morgan fingerprint density at radius 2 is 1.74 bits per heavy atom. The molecule has 10 heteroatoms. The van der Waals surface area contributed by atoms with Gasteiger partial charge >= 0.3 is 12.1 Å². The van der Waals surface area contributed by atoms with Crippen molar-refractivity contribution in [1.29, 1.82) is 0 Å². The molecule has 0 bridgehead atoms. The predicted molar refractivity (Wildman–Crippen MR) is 124 cm³/mol. The number of aliphatic carboxylic acids is 1. The third-order valence-corrected chi connectivity index (χ3v) is 6.11. The van der Waals surface area contributed by atoms with Crippen LogP contribution < -0.4 is 10.7 Å². The molecule has 10 nitrogen and oxygen atoms in total. The molecule has 0 saturated carbocycles. The second-order valence-electron chi connectivity index (χ2n) is 8.34. The van der Waals surface area contributed by atoms with Gasteiger partial charge in [0.25, 0.3) is 0 Å². The molecule has 1 aliphatic heterocycles. The number of ether oxygens (including phenoxy) is 2. The summed E-state index contributed by atoms with van der Waals surface area (Å²) in [5.74, 6) is -2.52. The summed E-state index contributed by atoms with van der Waals surface area (Å²) in [6.07, 6.45) is -1.90. The summed E-state index contributed by atoms with van der Waals surface area (Å²) in [7, 11) is 0. The maximum atomic E-state index is 12.6. The molecule has 2 aliphatic rings. The van der Waals surface area contributed by atoms with Crippen molar-refractivity contribution in [2.24, 2.45) is 0 Å². The summed E-state index contributed by atoms with van der Waals surface area (Å²) in [6, 6.07) is 14.8. The average molecular weight is 482 g/mol. The van der Waals surface area contributed by atoms with Crippen LogP contribution in [0.2, 0.25) is 0 Å². The van der Waals surface area contributed by atoms with Gasteiger partial charge in [-0.3, -0.25) is 15.0 Å². The predicted octanol–water partition coefficient (Wildman–Crippen LogP) is 2.04. The number of hydrogen-bond donors (Lipinski definition) is 3. The summed E-state index contributed by atoms with van der Waals surface area (Å²) in [5.41, 5.74) is 6.71. The Balaban J connectivity index is 1.32. The van der Waals surface area contributed by atoms with Crippen LogP contribution in [0.1, 0.15) is 36.8 Å². The van der Waals surface area contributed by atoms with Crippen LogP contribution in [-0.2, 0) is 23.9 Å². The normalized spacial score (nSPS) is 17.3. The molecule has 0 spiro atoms. The fourth-order valence-electron chi connectivity index (χ4n) is 4.52. The molecule has 3 amide bonds. The van der Waals surface area contributed by atoms with Gasteiger partial charge in [0.1, 0.15) is 6.61 Å². The Labute approximate surface area is 202 Å². The van der Waals surface area contributed by atoms with Crippen molar-refractivity contribution in [2.45, 2.75) is 37.8 Å². The fraction of sp³-hybridized carbons (Fsp3) is 0.360. The number of amides is 3. The largest absolute Gasteiger partial charge is 0.480 e. The first-order chi connectivity index (χ1) is 16.9. The molecule has 0 radical (unpaired) electrons. The lowest BCUT2D eigenvalue weighted by Crippen LogP contribution is -2.48. The quantitative estimate of drug-likeness (QED) is 0.499. The van der Waals surface area contributed by atoms with Crippen molar-refractivity contribution in [3.05, 3.63) is 59.7 Å². The molecule has 2 atom stereocenters. The fourth-order valence-corrected chi connectivity index (χ4v) is 4.52. The van der Waals surface area contributed by atoms with Gasteiger partial charge in [-0.05, 0) is 29.2 Å². The molecule has 1 fully saturated rings. The van der Waals surface area contributed by atoms with Gasteiger partial charge < -0.3 is 19.9 Å². The molecule has 184 valence electrons. The van der Waals surface area contributed by atoms with Crippen LogP contribution in [0.25, 0.3) is 11.1 Å². The number of carboxylic acid groups (broad SMARTS) is 1. The number of fused-ring (bicyclic) bond motifs is 3. The van der Waals surface area contributed by atoms with Gasteiger partial charge in [0, 0.05) is 19.1 Å². The Morgan fingerprint density at radius 3 is 2.34 bits per heavy atom. The van der Waals surface area contributed by atoms with Crippen molar-refractivity contribution < 1.29 is 33.8 Å². The van der Waals surface area contributed by atoms with E-state index >= 15 is 0 Å². The molecule has 2 aromatic rings. The van der Waals surface area contributed by atoms with Crippen molar-refractivity contribution in [3.8, 4) is 11.1 Å². The van der Waals surface area contributed by atoms with Crippen LogP contribution >= 0.6 is 0 Å². The van der Waals surface area contributed by atoms with Crippen molar-refractivity contribution in [3.63, 3.8) is 0 Å². The van der Waals surface area contributed by atoms with Gasteiger partial charge in [0.2, 0.25) is 11.8 Å². The van der Waals surface area contributed by atoms with Gasteiger partial charge in [-0.15, -0.1) is 0 Å². The highest BCUT2D eigenvalue weighted by Gasteiger charge is 2.39. The van der Waals surface area contributed by atoms with Crippen LogP contribution in [0.15, 0.2) is 48.5 Å². The van der Waals surface area contributed by atoms with Crippen molar-refractivity contribution >= 4 is 23.9 Å². The molecular formula is C25H27N3O7. The van der Waals surface area contributed by atoms with E-state index in [4.69, 9.17) is 9.47 Å². The van der Waals surface area contributed by atoms with Crippen molar-refractivity contribution in [1.82, 2.24) is 15.8 Å². The number of carbonyl (C=O) groups is 4. The number of carbonyl (C=O) groups excluding carboxylic acids is 3. The minimum absolute atomic E-state index is 0.0181. The first-order valence-electron chi connectivity index (χ1n) is 11.4. The van der Waals surface area contributed by atoms with E-state index in [-0.39, 0.29) is 38.5 Å². The molecule has 2 aromatic carbocycles. The van der Waals surface area contributed by atoms with E-state index in [1.807, 2.05) is 36.4 Å². The molecule has 1 aliphatic carbocycles. The van der Waals surface area contributed by atoms with Gasteiger partial charge in [-0.25, -0.2) is 14.6 Å². The highest BCUT2D eigenvalue weighted by atomic mass is 16.5. The molecule has 1 saturated heterocycles. The Bertz CT molecular complexity index is 1090. The maximum absolute atomic E-state index is 12.6. The average Bonchev–Trinajstić information content (AvgIpc) is 3.40. The third kappa shape index (κ3) is 5.27. The number of hydrazine groups is 1. The summed E-state index contributed by atoms with van der Waals surface area (Å²) in [4.78, 5) is 47.9. The van der Waals surface area contributed by atoms with E-state index in [2.05, 4.69) is 22.9 Å². The topological polar surface area (TPSA) is 134 Å². The number of benzene rings is 2. The van der Waals surface area contributed by atoms with Crippen LogP contribution in [0.3, 0.4) is 0 Å². The summed E-state index contributed by atoms with van der Waals surface area (Å²) in [6.45, 7) is 2.15. The van der Waals surface area contributed by atoms with E-state index in [0.717, 1.165) is 27.3 Å². The highest BCUT2D eigenvalue weighted by molar-refractivity contribution is 5.93. The second kappa shape index (κ2) is 10.6. The highest BCUT2D eigenvalue weighted by Crippen LogP contribution is 2.44. The number of alkyl carbamates (subject to hydrolysis) is 1. The molecule has 0 aromatic heterocycles. The monoisotopic (exact) mass is 481 g/mol. The Hall–Kier alpha value is -3.92.